The molecule has 0 radical (unpaired) electrons. The number of aliphatic hydroxyl groups is 3. The van der Waals surface area contributed by atoms with Crippen molar-refractivity contribution in [1.29, 1.82) is 10.5 Å². The van der Waals surface area contributed by atoms with E-state index in [1.165, 1.54) is 91.0 Å². The zero-order chi connectivity index (χ0) is 48.3. The summed E-state index contributed by atoms with van der Waals surface area (Å²) in [5, 5.41) is 51.3. The van der Waals surface area contributed by atoms with E-state index in [2.05, 4.69) is 19.1 Å². The molecule has 0 aliphatic rings. The van der Waals surface area contributed by atoms with Crippen molar-refractivity contribution >= 4 is 36.1 Å². The summed E-state index contributed by atoms with van der Waals surface area (Å²) in [6.45, 7) is 3.64. The molecule has 3 aromatic carbocycles. The molecule has 66 heavy (non-hydrogen) atoms. The molecule has 0 saturated heterocycles. The van der Waals surface area contributed by atoms with Gasteiger partial charge in [-0.15, -0.1) is 0 Å². The van der Waals surface area contributed by atoms with Crippen LogP contribution in [0.1, 0.15) is 16.7 Å². The second kappa shape index (κ2) is 24.3. The predicted molar refractivity (Wildman–Crippen MR) is 231 cm³/mol. The van der Waals surface area contributed by atoms with E-state index >= 15 is 0 Å². The molecule has 0 spiro atoms. The summed E-state index contributed by atoms with van der Waals surface area (Å²) >= 11 is 0. The molecular weight excluding hydrogens is 865 g/mol. The van der Waals surface area contributed by atoms with Crippen LogP contribution in [0.4, 0.5) is 0 Å². The van der Waals surface area contributed by atoms with E-state index in [4.69, 9.17) is 20.8 Å². The van der Waals surface area contributed by atoms with Crippen molar-refractivity contribution in [1.82, 2.24) is 13.7 Å². The number of nitriles is 2. The molecule has 0 bridgehead atoms. The zero-order valence-electron chi connectivity index (χ0n) is 35.6. The summed E-state index contributed by atoms with van der Waals surface area (Å²) in [6.07, 6.45) is -0.722. The van der Waals surface area contributed by atoms with Gasteiger partial charge in [0.1, 0.15) is 78.7 Å². The number of nitrogens with zero attached hydrogens (tertiary/aromatic N) is 6. The third-order valence-electron chi connectivity index (χ3n) is 9.02. The van der Waals surface area contributed by atoms with Crippen molar-refractivity contribution in [3.8, 4) is 29.4 Å². The van der Waals surface area contributed by atoms with Gasteiger partial charge in [-0.25, -0.2) is 42.5 Å². The van der Waals surface area contributed by atoms with Crippen LogP contribution in [0.25, 0.3) is 23.1 Å². The monoisotopic (exact) mass is 906 g/mol. The average molecular weight is 907 g/mol. The Balaban J connectivity index is 1.54. The maximum atomic E-state index is 13.7. The topological polar surface area (TPSA) is 285 Å². The molecule has 342 valence electrons. The Bertz CT molecular complexity index is 2450. The number of hydrogen-bond donors (Lipinski definition) is 3. The summed E-state index contributed by atoms with van der Waals surface area (Å²) in [5.74, 6) is -1.79. The van der Waals surface area contributed by atoms with Crippen LogP contribution in [0, 0.1) is 29.2 Å². The maximum absolute atomic E-state index is 13.7. The quantitative estimate of drug-likeness (QED) is 0.0347. The lowest BCUT2D eigenvalue weighted by Gasteiger charge is -2.20. The molecule has 4 aromatic rings. The normalized spacial score (nSPS) is 12.9. The van der Waals surface area contributed by atoms with Gasteiger partial charge < -0.3 is 43.7 Å². The smallest absolute Gasteiger partial charge is 0.348 e. The first-order valence-corrected chi connectivity index (χ1v) is 19.4. The Morgan fingerprint density at radius 3 is 1.11 bits per heavy atom. The molecule has 3 atom stereocenters. The highest BCUT2D eigenvalue weighted by Gasteiger charge is 2.23. The van der Waals surface area contributed by atoms with Crippen LogP contribution < -0.4 is 31.3 Å². The Morgan fingerprint density at radius 1 is 0.561 bits per heavy atom. The van der Waals surface area contributed by atoms with Gasteiger partial charge >= 0.3 is 35.0 Å². The van der Waals surface area contributed by atoms with Crippen molar-refractivity contribution in [2.75, 3.05) is 41.2 Å². The lowest BCUT2D eigenvalue weighted by molar-refractivity contribution is -0.136. The van der Waals surface area contributed by atoms with Gasteiger partial charge in [-0.05, 0) is 71.3 Å². The molecule has 3 N–H and O–H groups in total. The van der Waals surface area contributed by atoms with E-state index in [1.807, 2.05) is 0 Å². The van der Waals surface area contributed by atoms with Crippen LogP contribution in [-0.4, -0.2) is 106 Å². The minimum atomic E-state index is -1.54. The third-order valence-corrected chi connectivity index (χ3v) is 9.02. The average Bonchev–Trinajstić information content (AvgIpc) is 3.33. The molecule has 0 fully saturated rings. The van der Waals surface area contributed by atoms with Crippen molar-refractivity contribution in [3.63, 3.8) is 0 Å². The van der Waals surface area contributed by atoms with Crippen LogP contribution >= 0.6 is 0 Å². The first kappa shape index (κ1) is 50.1. The van der Waals surface area contributed by atoms with Crippen molar-refractivity contribution in [2.24, 2.45) is 0 Å². The fourth-order valence-electron chi connectivity index (χ4n) is 5.73. The summed E-state index contributed by atoms with van der Waals surface area (Å²) < 4.78 is 32.2. The van der Waals surface area contributed by atoms with Gasteiger partial charge in [0.25, 0.3) is 5.70 Å². The third kappa shape index (κ3) is 14.0. The van der Waals surface area contributed by atoms with Gasteiger partial charge in [-0.2, -0.15) is 10.5 Å². The van der Waals surface area contributed by atoms with Crippen LogP contribution in [-0.2, 0) is 48.2 Å². The Hall–Kier alpha value is -8.55. The molecule has 0 saturated carbocycles. The van der Waals surface area contributed by atoms with Gasteiger partial charge in [-0.1, -0.05) is 36.4 Å². The number of aliphatic hydroxyl groups excluding tert-OH is 3. The molecule has 0 aliphatic carbocycles. The summed E-state index contributed by atoms with van der Waals surface area (Å²) in [5.41, 5.74) is -3.01. The number of hydrogen-bond acceptors (Lipinski definition) is 17. The number of aromatic nitrogens is 3. The number of carbonyl (C=O) groups excluding carboxylic acids is 3. The molecule has 1 heterocycles. The number of ether oxygens (including phenoxy) is 6. The van der Waals surface area contributed by atoms with Crippen molar-refractivity contribution < 1.29 is 58.1 Å². The van der Waals surface area contributed by atoms with E-state index in [0.717, 1.165) is 21.3 Å². The molecular formula is C45H42N6O15. The van der Waals surface area contributed by atoms with Gasteiger partial charge in [0.15, 0.2) is 0 Å². The molecule has 21 heteroatoms. The van der Waals surface area contributed by atoms with Gasteiger partial charge in [0.05, 0.1) is 47.5 Å². The first-order chi connectivity index (χ1) is 31.6. The fourth-order valence-corrected chi connectivity index (χ4v) is 5.73. The molecule has 3 unspecified atom stereocenters. The fraction of sp³-hybridized carbons (Fsp3) is 0.267. The van der Waals surface area contributed by atoms with Crippen LogP contribution in [0.5, 0.6) is 17.2 Å². The highest BCUT2D eigenvalue weighted by atomic mass is 16.5. The van der Waals surface area contributed by atoms with Gasteiger partial charge in [0.2, 0.25) is 0 Å². The number of esters is 3. The molecule has 0 amide bonds. The number of rotatable bonds is 21. The van der Waals surface area contributed by atoms with Crippen molar-refractivity contribution in [2.45, 2.75) is 37.9 Å². The van der Waals surface area contributed by atoms with Gasteiger partial charge in [-0.3, -0.25) is 4.79 Å². The number of methoxy groups -OCH3 is 3. The number of benzene rings is 3. The minimum Gasteiger partial charge on any atom is -0.491 e. The van der Waals surface area contributed by atoms with E-state index in [9.17, 15) is 54.6 Å². The van der Waals surface area contributed by atoms with E-state index in [-0.39, 0.29) is 34.1 Å². The highest BCUT2D eigenvalue weighted by molar-refractivity contribution is 5.98. The Kier molecular flexibility index (Phi) is 18.5. The van der Waals surface area contributed by atoms with Crippen molar-refractivity contribution in [3.05, 3.63) is 149 Å². The standard InChI is InChI=1S/C45H42N6O15/c1-48-39(42(57)63-4)19-30-9-15-38(16-10-30)66-27-35(54)24-51-44(59)49(22-33(52)25-64-36-11-5-28(6-12-36)17-31(20-46)40(55)61-2)43(58)50(45(51)60)23-34(53)26-65-37-13-7-29(8-14-37)18-32(21-47)41(56)62-3/h5-19,33-35,52-54H,22-27H2,2-4H3/b31-17-,32-18-,39-19+. The van der Waals surface area contributed by atoms with E-state index in [1.54, 1.807) is 12.1 Å². The van der Waals surface area contributed by atoms with Crippen LogP contribution in [0.2, 0.25) is 0 Å². The molecule has 0 aliphatic heterocycles. The molecule has 1 aromatic heterocycles. The summed E-state index contributed by atoms with van der Waals surface area (Å²) in [6, 6.07) is 21.4. The summed E-state index contributed by atoms with van der Waals surface area (Å²) in [7, 11) is 3.41. The number of carbonyl (C=O) groups is 3. The lowest BCUT2D eigenvalue weighted by Crippen LogP contribution is -2.57. The molecule has 4 rings (SSSR count). The minimum absolute atomic E-state index is 0.225. The summed E-state index contributed by atoms with van der Waals surface area (Å²) in [4.78, 5) is 79.6. The predicted octanol–water partition coefficient (Wildman–Crippen LogP) is 1.08. The van der Waals surface area contributed by atoms with Gasteiger partial charge in [0, 0.05) is 0 Å². The lowest BCUT2D eigenvalue weighted by atomic mass is 10.1. The SMILES string of the molecule is [C-]#[N+]/C(=C/c1ccc(OCC(O)Cn2c(=O)n(CC(O)COc3ccc(/C=C(/C#N)C(=O)OC)cc3)c(=O)n(CC(O)COc3ccc(/C=C(/C#N)C(=O)OC)cc3)c2=O)cc1)C(=O)OC. The maximum Gasteiger partial charge on any atom is 0.348 e. The Morgan fingerprint density at radius 2 is 0.848 bits per heavy atom. The first-order valence-electron chi connectivity index (χ1n) is 19.4. The van der Waals surface area contributed by atoms with Crippen LogP contribution in [0.15, 0.2) is 104 Å². The highest BCUT2D eigenvalue weighted by Crippen LogP contribution is 2.18. The second-order valence-corrected chi connectivity index (χ2v) is 13.7. The van der Waals surface area contributed by atoms with E-state index in [0.29, 0.717) is 30.4 Å². The zero-order valence-corrected chi connectivity index (χ0v) is 35.6. The second-order valence-electron chi connectivity index (χ2n) is 13.7. The van der Waals surface area contributed by atoms with E-state index < -0.39 is 92.7 Å². The van der Waals surface area contributed by atoms with Crippen LogP contribution in [0.3, 0.4) is 0 Å². The Labute approximate surface area is 375 Å². The molecule has 21 nitrogen and oxygen atoms in total. The largest absolute Gasteiger partial charge is 0.491 e.